The maximum atomic E-state index is 12.9. The Morgan fingerprint density at radius 1 is 1.38 bits per heavy atom. The Morgan fingerprint density at radius 3 is 2.42 bits per heavy atom. The summed E-state index contributed by atoms with van der Waals surface area (Å²) < 4.78 is 31.4. The smallest absolute Gasteiger partial charge is 0.263 e. The van der Waals surface area contributed by atoms with Crippen LogP contribution in [-0.4, -0.2) is 54.5 Å². The van der Waals surface area contributed by atoms with Gasteiger partial charge in [-0.1, -0.05) is 5.92 Å². The number of sulfonamides is 1. The van der Waals surface area contributed by atoms with Gasteiger partial charge in [-0.3, -0.25) is 10.0 Å². The van der Waals surface area contributed by atoms with E-state index in [1.54, 1.807) is 32.5 Å². The van der Waals surface area contributed by atoms with E-state index in [-0.39, 0.29) is 11.5 Å². The highest BCUT2D eigenvalue weighted by Crippen LogP contribution is 2.32. The summed E-state index contributed by atoms with van der Waals surface area (Å²) in [6, 6.07) is 4.75. The third kappa shape index (κ3) is 5.14. The Morgan fingerprint density at radius 2 is 1.96 bits per heavy atom. The molecule has 26 heavy (non-hydrogen) atoms. The van der Waals surface area contributed by atoms with E-state index in [2.05, 4.69) is 11.8 Å². The topological polar surface area (TPSA) is 95.9 Å². The SMILES string of the molecule is CC#CCOc1ccc(S(=O)(=O)N(C)C(C(=O)NO)C(C)(C)SC)cc1. The Hall–Kier alpha value is -1.73. The second-order valence-corrected chi connectivity index (χ2v) is 9.35. The predicted octanol–water partition coefficient (Wildman–Crippen LogP) is 1.72. The Bertz CT molecular complexity index is 780. The number of benzene rings is 1. The summed E-state index contributed by atoms with van der Waals surface area (Å²) in [6.07, 6.45) is 1.77. The molecule has 1 atom stereocenters. The molecule has 1 aromatic carbocycles. The van der Waals surface area contributed by atoms with Crippen molar-refractivity contribution in [2.45, 2.75) is 36.5 Å². The first-order valence-electron chi connectivity index (χ1n) is 7.71. The minimum atomic E-state index is -3.96. The number of rotatable bonds is 8. The van der Waals surface area contributed by atoms with Crippen molar-refractivity contribution in [1.29, 1.82) is 0 Å². The predicted molar refractivity (Wildman–Crippen MR) is 102 cm³/mol. The van der Waals surface area contributed by atoms with Crippen molar-refractivity contribution < 1.29 is 23.2 Å². The summed E-state index contributed by atoms with van der Waals surface area (Å²) >= 11 is 1.32. The third-order valence-corrected chi connectivity index (χ3v) is 7.01. The van der Waals surface area contributed by atoms with E-state index in [0.717, 1.165) is 4.31 Å². The van der Waals surface area contributed by atoms with Gasteiger partial charge in [-0.25, -0.2) is 13.9 Å². The number of carbonyl (C=O) groups is 1. The zero-order valence-corrected chi connectivity index (χ0v) is 17.1. The Balaban J connectivity index is 3.16. The van der Waals surface area contributed by atoms with E-state index in [4.69, 9.17) is 9.94 Å². The fraction of sp³-hybridized carbons (Fsp3) is 0.471. The summed E-state index contributed by atoms with van der Waals surface area (Å²) in [5, 5.41) is 9.03. The lowest BCUT2D eigenvalue weighted by Gasteiger charge is -2.36. The molecule has 1 aromatic rings. The molecule has 7 nitrogen and oxygen atoms in total. The molecule has 9 heteroatoms. The van der Waals surface area contributed by atoms with Gasteiger partial charge in [0, 0.05) is 11.8 Å². The van der Waals surface area contributed by atoms with Crippen LogP contribution in [0.15, 0.2) is 29.2 Å². The Kier molecular flexibility index (Phi) is 7.96. The molecule has 0 saturated carbocycles. The second kappa shape index (κ2) is 9.28. The molecule has 0 bridgehead atoms. The summed E-state index contributed by atoms with van der Waals surface area (Å²) in [5.41, 5.74) is 1.56. The van der Waals surface area contributed by atoms with Crippen molar-refractivity contribution in [2.24, 2.45) is 0 Å². The molecular weight excluding hydrogens is 376 g/mol. The van der Waals surface area contributed by atoms with Crippen molar-refractivity contribution in [3.05, 3.63) is 24.3 Å². The number of hydrogen-bond acceptors (Lipinski definition) is 6. The minimum Gasteiger partial charge on any atom is -0.481 e. The van der Waals surface area contributed by atoms with Crippen molar-refractivity contribution in [1.82, 2.24) is 9.79 Å². The minimum absolute atomic E-state index is 0.0153. The van der Waals surface area contributed by atoms with Crippen LogP contribution in [0.4, 0.5) is 0 Å². The summed E-state index contributed by atoms with van der Waals surface area (Å²) in [5.74, 6) is 5.14. The molecule has 0 radical (unpaired) electrons. The van der Waals surface area contributed by atoms with Crippen LogP contribution < -0.4 is 10.2 Å². The molecule has 0 aliphatic carbocycles. The lowest BCUT2D eigenvalue weighted by Crippen LogP contribution is -2.56. The van der Waals surface area contributed by atoms with Gasteiger partial charge in [0.25, 0.3) is 5.91 Å². The van der Waals surface area contributed by atoms with Gasteiger partial charge in [0.2, 0.25) is 10.0 Å². The van der Waals surface area contributed by atoms with Crippen LogP contribution >= 0.6 is 11.8 Å². The van der Waals surface area contributed by atoms with Crippen molar-refractivity contribution in [3.63, 3.8) is 0 Å². The van der Waals surface area contributed by atoms with Crippen LogP contribution in [0.5, 0.6) is 5.75 Å². The largest absolute Gasteiger partial charge is 0.481 e. The number of carbonyl (C=O) groups excluding carboxylic acids is 1. The average molecular weight is 401 g/mol. The quantitative estimate of drug-likeness (QED) is 0.392. The van der Waals surface area contributed by atoms with Crippen LogP contribution in [0, 0.1) is 11.8 Å². The molecule has 0 aromatic heterocycles. The molecule has 1 unspecified atom stereocenters. The van der Waals surface area contributed by atoms with Gasteiger partial charge in [-0.05, 0) is 51.3 Å². The van der Waals surface area contributed by atoms with E-state index in [1.807, 2.05) is 0 Å². The van der Waals surface area contributed by atoms with Gasteiger partial charge < -0.3 is 4.74 Å². The molecule has 0 saturated heterocycles. The van der Waals surface area contributed by atoms with Gasteiger partial charge in [0.05, 0.1) is 4.90 Å². The summed E-state index contributed by atoms with van der Waals surface area (Å²) in [7, 11) is -2.65. The molecular formula is C17H24N2O5S2. The molecule has 144 valence electrons. The lowest BCUT2D eigenvalue weighted by molar-refractivity contribution is -0.133. The van der Waals surface area contributed by atoms with Crippen molar-refractivity contribution >= 4 is 27.7 Å². The molecule has 0 spiro atoms. The van der Waals surface area contributed by atoms with Crippen molar-refractivity contribution in [3.8, 4) is 17.6 Å². The van der Waals surface area contributed by atoms with Crippen LogP contribution in [0.25, 0.3) is 0 Å². The first-order chi connectivity index (χ1) is 12.1. The molecule has 1 rings (SSSR count). The van der Waals surface area contributed by atoms with Crippen LogP contribution in [0.2, 0.25) is 0 Å². The number of nitrogens with one attached hydrogen (secondary N) is 1. The fourth-order valence-corrected chi connectivity index (χ4v) is 4.30. The normalized spacial score (nSPS) is 12.9. The van der Waals surface area contributed by atoms with Gasteiger partial charge in [0.15, 0.2) is 0 Å². The first kappa shape index (κ1) is 22.3. The molecule has 0 fully saturated rings. The molecule has 1 amide bonds. The zero-order valence-electron chi connectivity index (χ0n) is 15.4. The van der Waals surface area contributed by atoms with Crippen LogP contribution in [0.3, 0.4) is 0 Å². The number of nitrogens with zero attached hydrogens (tertiary/aromatic N) is 1. The summed E-state index contributed by atoms with van der Waals surface area (Å²) in [6.45, 7) is 5.37. The van der Waals surface area contributed by atoms with Gasteiger partial charge >= 0.3 is 0 Å². The third-order valence-electron chi connectivity index (χ3n) is 3.90. The number of amides is 1. The maximum Gasteiger partial charge on any atom is 0.263 e. The average Bonchev–Trinajstić information content (AvgIpc) is 2.62. The lowest BCUT2D eigenvalue weighted by atomic mass is 10.0. The standard InChI is InChI=1S/C17H24N2O5S2/c1-6-7-12-24-13-8-10-14(11-9-13)26(22,23)19(4)15(16(20)18-21)17(2,3)25-5/h8-11,15,21H,12H2,1-5H3,(H,18,20). The number of likely N-dealkylation sites (N-methyl/N-ethyl adjacent to an activating group) is 1. The first-order valence-corrected chi connectivity index (χ1v) is 10.4. The Labute approximate surface area is 159 Å². The maximum absolute atomic E-state index is 12.9. The van der Waals surface area contributed by atoms with Gasteiger partial charge in [0.1, 0.15) is 18.4 Å². The zero-order chi connectivity index (χ0) is 20.0. The van der Waals surface area contributed by atoms with E-state index < -0.39 is 26.7 Å². The molecule has 0 heterocycles. The molecule has 0 aliphatic heterocycles. The van der Waals surface area contributed by atoms with Crippen molar-refractivity contribution in [2.75, 3.05) is 19.9 Å². The number of ether oxygens (including phenoxy) is 1. The number of hydrogen-bond donors (Lipinski definition) is 2. The van der Waals surface area contributed by atoms with Gasteiger partial charge in [-0.2, -0.15) is 16.1 Å². The van der Waals surface area contributed by atoms with E-state index >= 15 is 0 Å². The second-order valence-electron chi connectivity index (χ2n) is 5.89. The van der Waals surface area contributed by atoms with Gasteiger partial charge in [-0.15, -0.1) is 5.92 Å². The highest BCUT2D eigenvalue weighted by Gasteiger charge is 2.43. The highest BCUT2D eigenvalue weighted by atomic mass is 32.2. The number of thioether (sulfide) groups is 1. The number of hydroxylamine groups is 1. The molecule has 0 aliphatic rings. The fourth-order valence-electron chi connectivity index (χ4n) is 2.30. The van der Waals surface area contributed by atoms with E-state index in [9.17, 15) is 13.2 Å². The van der Waals surface area contributed by atoms with Crippen LogP contribution in [0.1, 0.15) is 20.8 Å². The monoisotopic (exact) mass is 400 g/mol. The van der Waals surface area contributed by atoms with E-state index in [1.165, 1.54) is 43.1 Å². The van der Waals surface area contributed by atoms with E-state index in [0.29, 0.717) is 5.75 Å². The molecule has 2 N–H and O–H groups in total. The summed E-state index contributed by atoms with van der Waals surface area (Å²) in [4.78, 5) is 12.1. The van der Waals surface area contributed by atoms with Crippen LogP contribution in [-0.2, 0) is 14.8 Å². The highest BCUT2D eigenvalue weighted by molar-refractivity contribution is 8.00.